The lowest BCUT2D eigenvalue weighted by Crippen LogP contribution is -2.39. The normalized spacial score (nSPS) is 11.0. The summed E-state index contributed by atoms with van der Waals surface area (Å²) in [5.74, 6) is 1.34. The Bertz CT molecular complexity index is 1330. The minimum Gasteiger partial charge on any atom is -0.497 e. The highest BCUT2D eigenvalue weighted by Gasteiger charge is 2.19. The number of methoxy groups -OCH3 is 2. The number of ether oxygens (including phenoxy) is 2. The summed E-state index contributed by atoms with van der Waals surface area (Å²) < 4.78 is 15.0. The fourth-order valence-electron chi connectivity index (χ4n) is 3.53. The zero-order chi connectivity index (χ0) is 21.3. The molecule has 0 saturated heterocycles. The molecule has 0 aliphatic heterocycles. The average molecular weight is 406 g/mol. The van der Waals surface area contributed by atoms with Crippen molar-refractivity contribution >= 4 is 11.2 Å². The third-order valence-corrected chi connectivity index (χ3v) is 5.01. The summed E-state index contributed by atoms with van der Waals surface area (Å²) in [4.78, 5) is 30.7. The first-order chi connectivity index (χ1) is 14.6. The molecular weight excluding hydrogens is 384 g/mol. The van der Waals surface area contributed by atoms with E-state index in [-0.39, 0.29) is 12.1 Å². The standard InChI is InChI=1S/C22H22N4O4/c1-4-25-21(27)19-20(26(22(25)28)16-8-6-10-18(12-16)30-3)23-14-24(19)13-15-7-5-9-17(11-15)29-2/h5-12,14H,4,13H2,1-3H3. The largest absolute Gasteiger partial charge is 0.497 e. The molecule has 30 heavy (non-hydrogen) atoms. The molecule has 2 heterocycles. The molecule has 0 unspecified atom stereocenters. The van der Waals surface area contributed by atoms with Gasteiger partial charge in [-0.3, -0.25) is 9.36 Å². The molecular formula is C22H22N4O4. The summed E-state index contributed by atoms with van der Waals surface area (Å²) in [7, 11) is 3.17. The Morgan fingerprint density at radius 1 is 0.967 bits per heavy atom. The predicted octanol–water partition coefficient (Wildman–Crippen LogP) is 2.43. The molecule has 0 radical (unpaired) electrons. The number of hydrogen-bond acceptors (Lipinski definition) is 5. The molecule has 8 nitrogen and oxygen atoms in total. The number of hydrogen-bond donors (Lipinski definition) is 0. The first-order valence-corrected chi connectivity index (χ1v) is 9.55. The molecule has 4 aromatic rings. The summed E-state index contributed by atoms with van der Waals surface area (Å²) in [5, 5.41) is 0. The van der Waals surface area contributed by atoms with Crippen LogP contribution in [-0.4, -0.2) is 32.9 Å². The SMILES string of the molecule is CCn1c(=O)c2c(ncn2Cc2cccc(OC)c2)n(-c2cccc(OC)c2)c1=O. The van der Waals surface area contributed by atoms with Gasteiger partial charge >= 0.3 is 5.69 Å². The topological polar surface area (TPSA) is 80.3 Å². The van der Waals surface area contributed by atoms with Crippen LogP contribution in [0.4, 0.5) is 0 Å². The van der Waals surface area contributed by atoms with E-state index in [0.29, 0.717) is 29.1 Å². The highest BCUT2D eigenvalue weighted by atomic mass is 16.5. The smallest absolute Gasteiger partial charge is 0.337 e. The maximum absolute atomic E-state index is 13.1. The van der Waals surface area contributed by atoms with Gasteiger partial charge in [0.1, 0.15) is 11.5 Å². The summed E-state index contributed by atoms with van der Waals surface area (Å²) in [6.07, 6.45) is 1.58. The van der Waals surface area contributed by atoms with Crippen LogP contribution >= 0.6 is 0 Å². The van der Waals surface area contributed by atoms with Crippen LogP contribution in [0.5, 0.6) is 11.5 Å². The van der Waals surface area contributed by atoms with Gasteiger partial charge in [0.05, 0.1) is 26.2 Å². The summed E-state index contributed by atoms with van der Waals surface area (Å²) in [6.45, 7) is 2.44. The van der Waals surface area contributed by atoms with Crippen LogP contribution in [0, 0.1) is 0 Å². The van der Waals surface area contributed by atoms with E-state index in [1.807, 2.05) is 24.3 Å². The summed E-state index contributed by atoms with van der Waals surface area (Å²) in [6, 6.07) is 14.7. The van der Waals surface area contributed by atoms with Crippen molar-refractivity contribution in [1.29, 1.82) is 0 Å². The monoisotopic (exact) mass is 406 g/mol. The van der Waals surface area contributed by atoms with Crippen molar-refractivity contribution in [2.24, 2.45) is 0 Å². The highest BCUT2D eigenvalue weighted by molar-refractivity contribution is 5.72. The molecule has 0 aliphatic carbocycles. The Morgan fingerprint density at radius 3 is 2.37 bits per heavy atom. The zero-order valence-corrected chi connectivity index (χ0v) is 17.0. The number of benzene rings is 2. The molecule has 8 heteroatoms. The molecule has 0 spiro atoms. The van der Waals surface area contributed by atoms with Gasteiger partial charge in [-0.2, -0.15) is 0 Å². The van der Waals surface area contributed by atoms with E-state index in [1.54, 1.807) is 56.3 Å². The van der Waals surface area contributed by atoms with Gasteiger partial charge in [-0.25, -0.2) is 14.3 Å². The molecule has 0 amide bonds. The van der Waals surface area contributed by atoms with Crippen LogP contribution in [0.3, 0.4) is 0 Å². The van der Waals surface area contributed by atoms with E-state index < -0.39 is 5.69 Å². The van der Waals surface area contributed by atoms with Crippen molar-refractivity contribution in [2.75, 3.05) is 14.2 Å². The van der Waals surface area contributed by atoms with E-state index in [1.165, 1.54) is 9.13 Å². The van der Waals surface area contributed by atoms with Gasteiger partial charge in [0.2, 0.25) is 0 Å². The van der Waals surface area contributed by atoms with Gasteiger partial charge in [0.25, 0.3) is 5.56 Å². The number of aromatic nitrogens is 4. The lowest BCUT2D eigenvalue weighted by Gasteiger charge is -2.12. The van der Waals surface area contributed by atoms with Crippen molar-refractivity contribution < 1.29 is 9.47 Å². The van der Waals surface area contributed by atoms with Crippen LogP contribution in [0.1, 0.15) is 12.5 Å². The number of nitrogens with zero attached hydrogens (tertiary/aromatic N) is 4. The van der Waals surface area contributed by atoms with Gasteiger partial charge in [-0.15, -0.1) is 0 Å². The molecule has 0 N–H and O–H groups in total. The van der Waals surface area contributed by atoms with Crippen molar-refractivity contribution in [3.8, 4) is 17.2 Å². The lowest BCUT2D eigenvalue weighted by atomic mass is 10.2. The minimum atomic E-state index is -0.435. The van der Waals surface area contributed by atoms with Gasteiger partial charge in [0.15, 0.2) is 11.2 Å². The first kappa shape index (κ1) is 19.5. The summed E-state index contributed by atoms with van der Waals surface area (Å²) >= 11 is 0. The van der Waals surface area contributed by atoms with Crippen LogP contribution < -0.4 is 20.7 Å². The van der Waals surface area contributed by atoms with Crippen LogP contribution in [0.25, 0.3) is 16.9 Å². The third-order valence-electron chi connectivity index (χ3n) is 5.01. The van der Waals surface area contributed by atoms with Crippen molar-refractivity contribution in [2.45, 2.75) is 20.0 Å². The zero-order valence-electron chi connectivity index (χ0n) is 17.0. The lowest BCUT2D eigenvalue weighted by molar-refractivity contribution is 0.414. The van der Waals surface area contributed by atoms with E-state index in [4.69, 9.17) is 9.47 Å². The van der Waals surface area contributed by atoms with Gasteiger partial charge in [-0.05, 0) is 36.8 Å². The van der Waals surface area contributed by atoms with Crippen molar-refractivity contribution in [1.82, 2.24) is 18.7 Å². The Morgan fingerprint density at radius 2 is 1.67 bits per heavy atom. The quantitative estimate of drug-likeness (QED) is 0.491. The average Bonchev–Trinajstić information content (AvgIpc) is 3.17. The predicted molar refractivity (Wildman–Crippen MR) is 114 cm³/mol. The van der Waals surface area contributed by atoms with Crippen LogP contribution in [0.15, 0.2) is 64.4 Å². The third kappa shape index (κ3) is 3.26. The first-order valence-electron chi connectivity index (χ1n) is 9.55. The fraction of sp³-hybridized carbons (Fsp3) is 0.227. The maximum Gasteiger partial charge on any atom is 0.337 e. The molecule has 2 aromatic carbocycles. The number of rotatable bonds is 6. The van der Waals surface area contributed by atoms with E-state index >= 15 is 0 Å². The molecule has 0 bridgehead atoms. The Balaban J connectivity index is 1.96. The van der Waals surface area contributed by atoms with Gasteiger partial charge in [-0.1, -0.05) is 18.2 Å². The van der Waals surface area contributed by atoms with E-state index in [2.05, 4.69) is 4.98 Å². The minimum absolute atomic E-state index is 0.252. The van der Waals surface area contributed by atoms with Crippen LogP contribution in [0.2, 0.25) is 0 Å². The van der Waals surface area contributed by atoms with Crippen LogP contribution in [-0.2, 0) is 13.1 Å². The second kappa shape index (κ2) is 7.90. The maximum atomic E-state index is 13.1. The fourth-order valence-corrected chi connectivity index (χ4v) is 3.53. The van der Waals surface area contributed by atoms with Crippen molar-refractivity contribution in [3.05, 3.63) is 81.3 Å². The molecule has 154 valence electrons. The molecule has 4 rings (SSSR count). The number of imidazole rings is 1. The second-order valence-corrected chi connectivity index (χ2v) is 6.77. The second-order valence-electron chi connectivity index (χ2n) is 6.77. The Hall–Kier alpha value is -3.81. The van der Waals surface area contributed by atoms with Gasteiger partial charge < -0.3 is 14.0 Å². The van der Waals surface area contributed by atoms with Crippen molar-refractivity contribution in [3.63, 3.8) is 0 Å². The van der Waals surface area contributed by atoms with E-state index in [9.17, 15) is 9.59 Å². The summed E-state index contributed by atoms with van der Waals surface area (Å²) in [5.41, 5.74) is 1.41. The number of fused-ring (bicyclic) bond motifs is 1. The van der Waals surface area contributed by atoms with Gasteiger partial charge in [0, 0.05) is 19.2 Å². The van der Waals surface area contributed by atoms with E-state index in [0.717, 1.165) is 11.3 Å². The molecule has 0 atom stereocenters. The Labute approximate surface area is 172 Å². The highest BCUT2D eigenvalue weighted by Crippen LogP contribution is 2.20. The molecule has 0 fully saturated rings. The molecule has 2 aromatic heterocycles. The molecule has 0 saturated carbocycles. The Kier molecular flexibility index (Phi) is 5.14. The molecule has 0 aliphatic rings.